The van der Waals surface area contributed by atoms with Crippen LogP contribution < -0.4 is 10.6 Å². The third-order valence-corrected chi connectivity index (χ3v) is 6.20. The topological polar surface area (TPSA) is 80.3 Å². The highest BCUT2D eigenvalue weighted by molar-refractivity contribution is 7.99. The summed E-state index contributed by atoms with van der Waals surface area (Å²) in [4.78, 5) is 29.5. The summed E-state index contributed by atoms with van der Waals surface area (Å²) >= 11 is 7.00. The van der Waals surface area contributed by atoms with E-state index in [2.05, 4.69) is 15.6 Å². The summed E-state index contributed by atoms with van der Waals surface area (Å²) in [6.45, 7) is -0.0233. The predicted octanol–water partition coefficient (Wildman–Crippen LogP) is 5.34. The van der Waals surface area contributed by atoms with Gasteiger partial charge in [-0.2, -0.15) is 0 Å². The Labute approximate surface area is 191 Å². The molecule has 164 valence electrons. The third kappa shape index (κ3) is 4.84. The van der Waals surface area contributed by atoms with Gasteiger partial charge in [-0.05, 0) is 42.5 Å². The smallest absolute Gasteiger partial charge is 0.408 e. The second-order valence-electron chi connectivity index (χ2n) is 6.83. The number of hydrogen-bond acceptors (Lipinski definition) is 5. The first-order valence-corrected chi connectivity index (χ1v) is 10.8. The van der Waals surface area contributed by atoms with Crippen LogP contribution in [0.3, 0.4) is 0 Å². The van der Waals surface area contributed by atoms with E-state index in [1.165, 1.54) is 36.0 Å². The molecule has 2 aromatic carbocycles. The number of alkyl carbamates (subject to hydrolysis) is 1. The van der Waals surface area contributed by atoms with Crippen LogP contribution in [0, 0.1) is 11.6 Å². The van der Waals surface area contributed by atoms with Gasteiger partial charge >= 0.3 is 6.09 Å². The average Bonchev–Trinajstić information content (AvgIpc) is 3.20. The van der Waals surface area contributed by atoms with Crippen LogP contribution in [0.2, 0.25) is 5.02 Å². The van der Waals surface area contributed by atoms with E-state index in [0.717, 1.165) is 6.07 Å². The highest BCUT2D eigenvalue weighted by atomic mass is 35.5. The molecule has 3 aromatic rings. The SMILES string of the molecule is O=C(NC1CSc2c(C(=O)Nc3ccc(F)c(Cl)c3)ccc(F)c21)OCc1ccccn1. The number of rotatable bonds is 5. The van der Waals surface area contributed by atoms with E-state index in [0.29, 0.717) is 22.0 Å². The highest BCUT2D eigenvalue weighted by Gasteiger charge is 2.32. The molecule has 0 radical (unpaired) electrons. The van der Waals surface area contributed by atoms with E-state index >= 15 is 0 Å². The van der Waals surface area contributed by atoms with Crippen LogP contribution in [0.15, 0.2) is 59.6 Å². The molecule has 0 saturated heterocycles. The number of hydrogen-bond donors (Lipinski definition) is 2. The van der Waals surface area contributed by atoms with Crippen LogP contribution in [0.25, 0.3) is 0 Å². The number of ether oxygens (including phenoxy) is 1. The minimum atomic E-state index is -0.718. The fourth-order valence-electron chi connectivity index (χ4n) is 3.18. The van der Waals surface area contributed by atoms with Gasteiger partial charge in [0.1, 0.15) is 18.2 Å². The predicted molar refractivity (Wildman–Crippen MR) is 117 cm³/mol. The van der Waals surface area contributed by atoms with E-state index in [1.54, 1.807) is 24.4 Å². The maximum absolute atomic E-state index is 14.6. The molecule has 6 nitrogen and oxygen atoms in total. The number of pyridine rings is 1. The zero-order chi connectivity index (χ0) is 22.7. The van der Waals surface area contributed by atoms with E-state index in [9.17, 15) is 18.4 Å². The van der Waals surface area contributed by atoms with Crippen molar-refractivity contribution in [3.63, 3.8) is 0 Å². The number of carbonyl (C=O) groups excluding carboxylic acids is 2. The molecule has 2 heterocycles. The van der Waals surface area contributed by atoms with Gasteiger partial charge in [-0.15, -0.1) is 11.8 Å². The van der Waals surface area contributed by atoms with Gasteiger partial charge in [0.2, 0.25) is 0 Å². The average molecular weight is 476 g/mol. The molecular formula is C22H16ClF2N3O3S. The Morgan fingerprint density at radius 3 is 2.72 bits per heavy atom. The summed E-state index contributed by atoms with van der Waals surface area (Å²) in [6.07, 6.45) is 0.867. The van der Waals surface area contributed by atoms with Crippen molar-refractivity contribution < 1.29 is 23.1 Å². The van der Waals surface area contributed by atoms with Gasteiger partial charge in [-0.3, -0.25) is 9.78 Å². The lowest BCUT2D eigenvalue weighted by Crippen LogP contribution is -2.29. The van der Waals surface area contributed by atoms with E-state index < -0.39 is 29.7 Å². The van der Waals surface area contributed by atoms with Crippen LogP contribution in [-0.4, -0.2) is 22.7 Å². The first-order chi connectivity index (χ1) is 15.4. The first kappa shape index (κ1) is 22.0. The summed E-state index contributed by atoms with van der Waals surface area (Å²) in [7, 11) is 0. The van der Waals surface area contributed by atoms with Gasteiger partial charge in [-0.1, -0.05) is 17.7 Å². The molecule has 1 unspecified atom stereocenters. The van der Waals surface area contributed by atoms with Crippen LogP contribution in [0.4, 0.5) is 19.3 Å². The Morgan fingerprint density at radius 1 is 1.16 bits per heavy atom. The minimum absolute atomic E-state index is 0.0233. The van der Waals surface area contributed by atoms with Crippen LogP contribution >= 0.6 is 23.4 Å². The molecule has 32 heavy (non-hydrogen) atoms. The quantitative estimate of drug-likeness (QED) is 0.520. The van der Waals surface area contributed by atoms with E-state index in [-0.39, 0.29) is 22.8 Å². The fourth-order valence-corrected chi connectivity index (χ4v) is 4.65. The van der Waals surface area contributed by atoms with Crippen molar-refractivity contribution in [3.05, 3.63) is 88.2 Å². The van der Waals surface area contributed by atoms with Crippen molar-refractivity contribution >= 4 is 41.1 Å². The molecule has 1 aliphatic rings. The van der Waals surface area contributed by atoms with Gasteiger partial charge in [0.15, 0.2) is 0 Å². The van der Waals surface area contributed by atoms with Crippen molar-refractivity contribution in [2.45, 2.75) is 17.5 Å². The second-order valence-corrected chi connectivity index (χ2v) is 8.26. The second kappa shape index (κ2) is 9.54. The third-order valence-electron chi connectivity index (χ3n) is 4.68. The summed E-state index contributed by atoms with van der Waals surface area (Å²) < 4.78 is 33.1. The Balaban J connectivity index is 1.47. The number of nitrogens with one attached hydrogen (secondary N) is 2. The molecule has 0 spiro atoms. The van der Waals surface area contributed by atoms with Gasteiger partial charge < -0.3 is 15.4 Å². The number of benzene rings is 2. The molecule has 1 atom stereocenters. The molecule has 0 saturated carbocycles. The molecular weight excluding hydrogens is 460 g/mol. The van der Waals surface area contributed by atoms with Crippen LogP contribution in [0.5, 0.6) is 0 Å². The van der Waals surface area contributed by atoms with E-state index in [4.69, 9.17) is 16.3 Å². The molecule has 1 aromatic heterocycles. The lowest BCUT2D eigenvalue weighted by molar-refractivity contribution is 0.102. The fraction of sp³-hybridized carbons (Fsp3) is 0.136. The summed E-state index contributed by atoms with van der Waals surface area (Å²) in [5.74, 6) is -1.32. The van der Waals surface area contributed by atoms with Crippen molar-refractivity contribution in [2.75, 3.05) is 11.1 Å². The maximum atomic E-state index is 14.6. The van der Waals surface area contributed by atoms with Crippen molar-refractivity contribution in [1.82, 2.24) is 10.3 Å². The summed E-state index contributed by atoms with van der Waals surface area (Å²) in [5, 5.41) is 5.13. The molecule has 2 N–H and O–H groups in total. The first-order valence-electron chi connectivity index (χ1n) is 9.47. The zero-order valence-corrected chi connectivity index (χ0v) is 18.0. The molecule has 10 heteroatoms. The molecule has 0 fully saturated rings. The Morgan fingerprint density at radius 2 is 1.97 bits per heavy atom. The van der Waals surface area contributed by atoms with Gasteiger partial charge in [0.05, 0.1) is 22.3 Å². The van der Waals surface area contributed by atoms with Crippen molar-refractivity contribution in [1.29, 1.82) is 0 Å². The number of carbonyl (C=O) groups is 2. The number of nitrogens with zero attached hydrogens (tertiary/aromatic N) is 1. The number of aromatic nitrogens is 1. The standard InChI is InChI=1S/C22H16ClF2N3O3S/c23-15-9-12(4-6-16(15)24)27-21(29)14-5-7-17(25)19-18(11-32-20(14)19)28-22(30)31-10-13-3-1-2-8-26-13/h1-9,18H,10-11H2,(H,27,29)(H,28,30). The monoisotopic (exact) mass is 475 g/mol. The summed E-state index contributed by atoms with van der Waals surface area (Å²) in [6, 6.07) is 10.9. The van der Waals surface area contributed by atoms with Gasteiger partial charge in [0.25, 0.3) is 5.91 Å². The Hall–Kier alpha value is -3.17. The Kier molecular flexibility index (Phi) is 6.57. The maximum Gasteiger partial charge on any atom is 0.408 e. The van der Waals surface area contributed by atoms with Gasteiger partial charge in [0, 0.05) is 28.1 Å². The number of amides is 2. The number of anilines is 1. The molecule has 0 aliphatic carbocycles. The molecule has 1 aliphatic heterocycles. The number of thioether (sulfide) groups is 1. The number of halogens is 3. The zero-order valence-electron chi connectivity index (χ0n) is 16.4. The van der Waals surface area contributed by atoms with Crippen LogP contribution in [-0.2, 0) is 11.3 Å². The lowest BCUT2D eigenvalue weighted by atomic mass is 10.0. The minimum Gasteiger partial charge on any atom is -0.443 e. The van der Waals surface area contributed by atoms with Crippen LogP contribution in [0.1, 0.15) is 27.7 Å². The highest BCUT2D eigenvalue weighted by Crippen LogP contribution is 2.42. The summed E-state index contributed by atoms with van der Waals surface area (Å²) in [5.41, 5.74) is 1.33. The van der Waals surface area contributed by atoms with Gasteiger partial charge in [-0.25, -0.2) is 13.6 Å². The van der Waals surface area contributed by atoms with E-state index in [1.807, 2.05) is 0 Å². The molecule has 2 amide bonds. The van der Waals surface area contributed by atoms with Crippen molar-refractivity contribution in [2.24, 2.45) is 0 Å². The number of fused-ring (bicyclic) bond motifs is 1. The molecule has 4 rings (SSSR count). The molecule has 0 bridgehead atoms. The lowest BCUT2D eigenvalue weighted by Gasteiger charge is -2.15. The largest absolute Gasteiger partial charge is 0.443 e. The normalized spacial score (nSPS) is 14.5. The Bertz CT molecular complexity index is 1180. The van der Waals surface area contributed by atoms with Crippen molar-refractivity contribution in [3.8, 4) is 0 Å².